The average Bonchev–Trinajstić information content (AvgIpc) is 2.65. The maximum absolute atomic E-state index is 5.66. The van der Waals surface area contributed by atoms with E-state index in [4.69, 9.17) is 5.73 Å². The second kappa shape index (κ2) is 3.22. The number of nitrogens with two attached hydrogens (primary N) is 1. The largest absolute Gasteiger partial charge is 0.369 e. The fourth-order valence-electron chi connectivity index (χ4n) is 1.21. The maximum atomic E-state index is 5.66. The van der Waals surface area contributed by atoms with Crippen LogP contribution in [0, 0.1) is 6.92 Å². The van der Waals surface area contributed by atoms with E-state index in [9.17, 15) is 0 Å². The van der Waals surface area contributed by atoms with Crippen LogP contribution in [-0.4, -0.2) is 9.55 Å². The summed E-state index contributed by atoms with van der Waals surface area (Å²) < 4.78 is 1.94. The lowest BCUT2D eigenvalue weighted by atomic mass is 10.2. The number of rotatable bonds is 2. The van der Waals surface area contributed by atoms with E-state index in [1.54, 1.807) is 17.5 Å². The molecule has 0 bridgehead atoms. The molecule has 0 amide bonds. The van der Waals surface area contributed by atoms with Gasteiger partial charge in [-0.2, -0.15) is 11.3 Å². The van der Waals surface area contributed by atoms with Crippen molar-refractivity contribution >= 4 is 17.3 Å². The van der Waals surface area contributed by atoms with Crippen LogP contribution >= 0.6 is 11.3 Å². The van der Waals surface area contributed by atoms with Crippen molar-refractivity contribution in [2.24, 2.45) is 0 Å². The molecule has 0 aliphatic rings. The third kappa shape index (κ3) is 1.58. The molecule has 13 heavy (non-hydrogen) atoms. The molecule has 2 N–H and O–H groups in total. The highest BCUT2D eigenvalue weighted by atomic mass is 32.1. The van der Waals surface area contributed by atoms with Gasteiger partial charge in [-0.15, -0.1) is 0 Å². The summed E-state index contributed by atoms with van der Waals surface area (Å²) in [4.78, 5) is 3.97. The van der Waals surface area contributed by atoms with Gasteiger partial charge in [-0.3, -0.25) is 0 Å². The van der Waals surface area contributed by atoms with Crippen molar-refractivity contribution < 1.29 is 0 Å². The summed E-state index contributed by atoms with van der Waals surface area (Å²) in [6.45, 7) is 2.93. The number of anilines is 1. The molecule has 2 heterocycles. The van der Waals surface area contributed by atoms with Gasteiger partial charge in [-0.1, -0.05) is 0 Å². The van der Waals surface area contributed by atoms with Crippen LogP contribution in [0.3, 0.4) is 0 Å². The quantitative estimate of drug-likeness (QED) is 0.791. The van der Waals surface area contributed by atoms with Gasteiger partial charge in [0.05, 0.1) is 6.54 Å². The number of hydrogen-bond donors (Lipinski definition) is 1. The lowest BCUT2D eigenvalue weighted by Gasteiger charge is -2.03. The zero-order chi connectivity index (χ0) is 9.26. The van der Waals surface area contributed by atoms with Gasteiger partial charge < -0.3 is 10.3 Å². The minimum Gasteiger partial charge on any atom is -0.369 e. The van der Waals surface area contributed by atoms with Crippen LogP contribution < -0.4 is 5.73 Å². The monoisotopic (exact) mass is 193 g/mol. The van der Waals surface area contributed by atoms with Crippen LogP contribution in [0.25, 0.3) is 0 Å². The normalized spacial score (nSPS) is 10.5. The number of nitrogen functional groups attached to an aromatic ring is 1. The molecule has 0 saturated heterocycles. The summed E-state index contributed by atoms with van der Waals surface area (Å²) >= 11 is 1.72. The van der Waals surface area contributed by atoms with E-state index in [1.807, 2.05) is 10.8 Å². The SMILES string of the molecule is Cc1cscc1Cn1ccnc1N. The highest BCUT2D eigenvalue weighted by molar-refractivity contribution is 7.08. The van der Waals surface area contributed by atoms with Gasteiger partial charge in [0.25, 0.3) is 0 Å². The minimum absolute atomic E-state index is 0.575. The Hall–Kier alpha value is -1.29. The van der Waals surface area contributed by atoms with Crippen LogP contribution in [0.2, 0.25) is 0 Å². The van der Waals surface area contributed by atoms with E-state index < -0.39 is 0 Å². The van der Waals surface area contributed by atoms with Gasteiger partial charge in [0.15, 0.2) is 5.95 Å². The molecule has 4 heteroatoms. The molecular weight excluding hydrogens is 182 g/mol. The first-order valence-electron chi connectivity index (χ1n) is 4.05. The predicted octanol–water partition coefficient (Wildman–Crippen LogP) is 1.88. The molecular formula is C9H11N3S. The van der Waals surface area contributed by atoms with Gasteiger partial charge in [0.1, 0.15) is 0 Å². The lowest BCUT2D eigenvalue weighted by molar-refractivity contribution is 0.809. The Morgan fingerprint density at radius 3 is 2.92 bits per heavy atom. The van der Waals surface area contributed by atoms with E-state index in [0.29, 0.717) is 5.95 Å². The second-order valence-corrected chi connectivity index (χ2v) is 3.74. The fourth-order valence-corrected chi connectivity index (χ4v) is 2.05. The molecule has 0 unspecified atom stereocenters. The first-order chi connectivity index (χ1) is 6.27. The van der Waals surface area contributed by atoms with Crippen LogP contribution in [0.15, 0.2) is 23.2 Å². The number of imidazole rings is 1. The van der Waals surface area contributed by atoms with E-state index in [1.165, 1.54) is 11.1 Å². The molecule has 0 aliphatic carbocycles. The van der Waals surface area contributed by atoms with Crippen LogP contribution in [0.4, 0.5) is 5.95 Å². The van der Waals surface area contributed by atoms with Gasteiger partial charge in [-0.25, -0.2) is 4.98 Å². The summed E-state index contributed by atoms with van der Waals surface area (Å²) in [5, 5.41) is 4.29. The van der Waals surface area contributed by atoms with Crippen molar-refractivity contribution in [2.45, 2.75) is 13.5 Å². The molecule has 0 aliphatic heterocycles. The molecule has 3 nitrogen and oxygen atoms in total. The number of thiophene rings is 1. The van der Waals surface area contributed by atoms with Crippen LogP contribution in [0.5, 0.6) is 0 Å². The third-order valence-corrected chi connectivity index (χ3v) is 2.96. The molecule has 0 fully saturated rings. The molecule has 0 atom stereocenters. The van der Waals surface area contributed by atoms with Gasteiger partial charge in [0.2, 0.25) is 0 Å². The summed E-state index contributed by atoms with van der Waals surface area (Å²) in [5.74, 6) is 0.575. The minimum atomic E-state index is 0.575. The summed E-state index contributed by atoms with van der Waals surface area (Å²) in [6.07, 6.45) is 3.61. The first kappa shape index (κ1) is 8.31. The number of nitrogens with zero attached hydrogens (tertiary/aromatic N) is 2. The first-order valence-corrected chi connectivity index (χ1v) is 5.00. The summed E-state index contributed by atoms with van der Waals surface area (Å²) in [5.41, 5.74) is 8.29. The number of hydrogen-bond acceptors (Lipinski definition) is 3. The van der Waals surface area contributed by atoms with Crippen molar-refractivity contribution in [3.8, 4) is 0 Å². The Labute approximate surface area is 80.8 Å². The molecule has 0 aromatic carbocycles. The zero-order valence-electron chi connectivity index (χ0n) is 7.40. The Kier molecular flexibility index (Phi) is 2.06. The van der Waals surface area contributed by atoms with Gasteiger partial charge in [-0.05, 0) is 28.8 Å². The Balaban J connectivity index is 2.24. The van der Waals surface area contributed by atoms with Crippen molar-refractivity contribution in [1.82, 2.24) is 9.55 Å². The predicted molar refractivity (Wildman–Crippen MR) is 54.8 cm³/mol. The topological polar surface area (TPSA) is 43.8 Å². The molecule has 0 spiro atoms. The highest BCUT2D eigenvalue weighted by Gasteiger charge is 2.02. The summed E-state index contributed by atoms with van der Waals surface area (Å²) in [7, 11) is 0. The van der Waals surface area contributed by atoms with E-state index in [2.05, 4.69) is 22.7 Å². The molecule has 2 aromatic heterocycles. The van der Waals surface area contributed by atoms with Crippen molar-refractivity contribution in [2.75, 3.05) is 5.73 Å². The zero-order valence-corrected chi connectivity index (χ0v) is 8.21. The van der Waals surface area contributed by atoms with Crippen molar-refractivity contribution in [3.05, 3.63) is 34.3 Å². The fraction of sp³-hybridized carbons (Fsp3) is 0.222. The molecule has 68 valence electrons. The van der Waals surface area contributed by atoms with Crippen molar-refractivity contribution in [1.29, 1.82) is 0 Å². The Bertz CT molecular complexity index is 364. The standard InChI is InChI=1S/C9H11N3S/c1-7-5-13-6-8(7)4-12-3-2-11-9(12)10/h2-3,5-6H,4H2,1H3,(H2,10,11). The third-order valence-electron chi connectivity index (χ3n) is 2.05. The Morgan fingerprint density at radius 2 is 2.38 bits per heavy atom. The lowest BCUT2D eigenvalue weighted by Crippen LogP contribution is -2.03. The Morgan fingerprint density at radius 1 is 1.54 bits per heavy atom. The van der Waals surface area contributed by atoms with Crippen molar-refractivity contribution in [3.63, 3.8) is 0 Å². The van der Waals surface area contributed by atoms with Crippen LogP contribution in [-0.2, 0) is 6.54 Å². The molecule has 0 saturated carbocycles. The van der Waals surface area contributed by atoms with Crippen LogP contribution in [0.1, 0.15) is 11.1 Å². The smallest absolute Gasteiger partial charge is 0.200 e. The second-order valence-electron chi connectivity index (χ2n) is 2.99. The highest BCUT2D eigenvalue weighted by Crippen LogP contribution is 2.15. The summed E-state index contributed by atoms with van der Waals surface area (Å²) in [6, 6.07) is 0. The van der Waals surface area contributed by atoms with Gasteiger partial charge >= 0.3 is 0 Å². The number of aryl methyl sites for hydroxylation is 1. The molecule has 0 radical (unpaired) electrons. The van der Waals surface area contributed by atoms with Gasteiger partial charge in [0, 0.05) is 12.4 Å². The molecule has 2 rings (SSSR count). The van der Waals surface area contributed by atoms with E-state index in [-0.39, 0.29) is 0 Å². The molecule has 2 aromatic rings. The van der Waals surface area contributed by atoms with E-state index in [0.717, 1.165) is 6.54 Å². The van der Waals surface area contributed by atoms with E-state index >= 15 is 0 Å². The average molecular weight is 193 g/mol. The maximum Gasteiger partial charge on any atom is 0.200 e. The number of aromatic nitrogens is 2.